The van der Waals surface area contributed by atoms with Gasteiger partial charge in [0.1, 0.15) is 4.90 Å². The molecule has 1 heterocycles. The average Bonchev–Trinajstić information content (AvgIpc) is 2.57. The lowest BCUT2D eigenvalue weighted by Gasteiger charge is -2.21. The van der Waals surface area contributed by atoms with E-state index in [0.717, 1.165) is 0 Å². The van der Waals surface area contributed by atoms with E-state index in [4.69, 9.17) is 18.0 Å². The topological polar surface area (TPSA) is 92.1 Å². The molecule has 3 N–H and O–H groups in total. The van der Waals surface area contributed by atoms with Crippen molar-refractivity contribution >= 4 is 27.2 Å². The zero-order valence-electron chi connectivity index (χ0n) is 10.7. The third kappa shape index (κ3) is 3.06. The Morgan fingerprint density at radius 2 is 2.11 bits per heavy atom. The van der Waals surface area contributed by atoms with Gasteiger partial charge in [-0.25, -0.2) is 8.42 Å². The molecule has 0 aliphatic rings. The van der Waals surface area contributed by atoms with Crippen LogP contribution in [0.15, 0.2) is 4.90 Å². The van der Waals surface area contributed by atoms with Gasteiger partial charge in [-0.3, -0.25) is 5.10 Å². The molecule has 18 heavy (non-hydrogen) atoms. The van der Waals surface area contributed by atoms with Gasteiger partial charge >= 0.3 is 0 Å². The molecule has 0 aliphatic carbocycles. The summed E-state index contributed by atoms with van der Waals surface area (Å²) in [7, 11) is -3.60. The fourth-order valence-electron chi connectivity index (χ4n) is 1.76. The summed E-state index contributed by atoms with van der Waals surface area (Å²) in [5, 5.41) is 6.58. The van der Waals surface area contributed by atoms with Crippen molar-refractivity contribution in [1.82, 2.24) is 14.5 Å². The number of rotatable bonds is 6. The predicted molar refractivity (Wildman–Crippen MR) is 73.9 cm³/mol. The van der Waals surface area contributed by atoms with E-state index in [0.29, 0.717) is 24.4 Å². The molecule has 0 radical (unpaired) electrons. The van der Waals surface area contributed by atoms with Crippen molar-refractivity contribution in [1.29, 1.82) is 0 Å². The number of hydrogen-bond donors (Lipinski definition) is 2. The summed E-state index contributed by atoms with van der Waals surface area (Å²) >= 11 is 4.80. The maximum absolute atomic E-state index is 12.5. The van der Waals surface area contributed by atoms with Crippen molar-refractivity contribution < 1.29 is 8.42 Å². The van der Waals surface area contributed by atoms with E-state index in [1.807, 2.05) is 6.92 Å². The Morgan fingerprint density at radius 1 is 1.50 bits per heavy atom. The second-order valence-electron chi connectivity index (χ2n) is 4.07. The fraction of sp³-hybridized carbons (Fsp3) is 0.600. The minimum Gasteiger partial charge on any atom is -0.392 e. The summed E-state index contributed by atoms with van der Waals surface area (Å²) < 4.78 is 26.3. The molecule has 0 fully saturated rings. The lowest BCUT2D eigenvalue weighted by molar-refractivity contribution is 0.449. The molecule has 1 aromatic rings. The standard InChI is InChI=1S/C10H18N4O2S2/c1-4-5-14(6-9(11)17)18(15,16)10-7(2)12-13-8(10)3/h4-6H2,1-3H3,(H2,11,17)(H,12,13). The van der Waals surface area contributed by atoms with Crippen LogP contribution in [0.5, 0.6) is 0 Å². The normalized spacial score (nSPS) is 12.0. The van der Waals surface area contributed by atoms with Gasteiger partial charge in [0, 0.05) is 6.54 Å². The Kier molecular flexibility index (Phi) is 4.83. The first kappa shape index (κ1) is 15.1. The number of nitrogens with one attached hydrogen (secondary N) is 1. The molecule has 1 rings (SSSR count). The van der Waals surface area contributed by atoms with Crippen molar-refractivity contribution in [2.45, 2.75) is 32.1 Å². The van der Waals surface area contributed by atoms with Crippen LogP contribution >= 0.6 is 12.2 Å². The highest BCUT2D eigenvalue weighted by Gasteiger charge is 2.29. The third-order valence-electron chi connectivity index (χ3n) is 2.46. The highest BCUT2D eigenvalue weighted by molar-refractivity contribution is 7.89. The highest BCUT2D eigenvalue weighted by Crippen LogP contribution is 2.21. The zero-order chi connectivity index (χ0) is 13.9. The van der Waals surface area contributed by atoms with Gasteiger partial charge in [0.2, 0.25) is 10.0 Å². The Bertz CT molecular complexity index is 517. The van der Waals surface area contributed by atoms with E-state index in [-0.39, 0.29) is 16.4 Å². The molecule has 0 bridgehead atoms. The summed E-state index contributed by atoms with van der Waals surface area (Å²) in [6, 6.07) is 0. The van der Waals surface area contributed by atoms with Gasteiger partial charge in [-0.1, -0.05) is 19.1 Å². The number of aromatic amines is 1. The third-order valence-corrected chi connectivity index (χ3v) is 4.70. The first-order valence-electron chi connectivity index (χ1n) is 5.60. The molecule has 0 amide bonds. The van der Waals surface area contributed by atoms with Crippen LogP contribution < -0.4 is 5.73 Å². The Balaban J connectivity index is 3.21. The second-order valence-corrected chi connectivity index (χ2v) is 6.47. The van der Waals surface area contributed by atoms with Crippen molar-refractivity contribution in [2.24, 2.45) is 5.73 Å². The van der Waals surface area contributed by atoms with Crippen molar-refractivity contribution in [3.8, 4) is 0 Å². The van der Waals surface area contributed by atoms with E-state index in [1.54, 1.807) is 13.8 Å². The predicted octanol–water partition coefficient (Wildman–Crippen LogP) is 0.713. The zero-order valence-corrected chi connectivity index (χ0v) is 12.4. The molecule has 0 saturated heterocycles. The molecule has 8 heteroatoms. The second kappa shape index (κ2) is 5.77. The van der Waals surface area contributed by atoms with E-state index < -0.39 is 10.0 Å². The van der Waals surface area contributed by atoms with Gasteiger partial charge in [-0.2, -0.15) is 9.40 Å². The molecule has 0 saturated carbocycles. The SMILES string of the molecule is CCCN(CC(N)=S)S(=O)(=O)c1c(C)n[nH]c1C. The number of nitrogens with zero attached hydrogens (tertiary/aromatic N) is 2. The van der Waals surface area contributed by atoms with Crippen LogP contribution in [0, 0.1) is 13.8 Å². The molecule has 0 spiro atoms. The van der Waals surface area contributed by atoms with E-state index in [9.17, 15) is 8.42 Å². The summed E-state index contributed by atoms with van der Waals surface area (Å²) in [6.45, 7) is 5.66. The van der Waals surface area contributed by atoms with Gasteiger partial charge in [-0.05, 0) is 20.3 Å². The Labute approximate surface area is 113 Å². The first-order chi connectivity index (χ1) is 8.30. The smallest absolute Gasteiger partial charge is 0.247 e. The summed E-state index contributed by atoms with van der Waals surface area (Å²) in [6.07, 6.45) is 0.692. The van der Waals surface area contributed by atoms with Crippen LogP contribution in [0.1, 0.15) is 24.7 Å². The highest BCUT2D eigenvalue weighted by atomic mass is 32.2. The van der Waals surface area contributed by atoms with Crippen LogP contribution in [-0.2, 0) is 10.0 Å². The number of H-pyrrole nitrogens is 1. The summed E-state index contributed by atoms with van der Waals surface area (Å²) in [5.41, 5.74) is 6.43. The number of aryl methyl sites for hydroxylation is 2. The van der Waals surface area contributed by atoms with Gasteiger partial charge in [0.25, 0.3) is 0 Å². The monoisotopic (exact) mass is 290 g/mol. The van der Waals surface area contributed by atoms with Crippen molar-refractivity contribution in [3.05, 3.63) is 11.4 Å². The fourth-order valence-corrected chi connectivity index (χ4v) is 3.84. The summed E-state index contributed by atoms with van der Waals surface area (Å²) in [4.78, 5) is 0.373. The number of sulfonamides is 1. The minimum absolute atomic E-state index is 0.0512. The van der Waals surface area contributed by atoms with Crippen LogP contribution in [0.3, 0.4) is 0 Å². The van der Waals surface area contributed by atoms with Gasteiger partial charge in [0.05, 0.1) is 22.9 Å². The van der Waals surface area contributed by atoms with Gasteiger partial charge in [-0.15, -0.1) is 0 Å². The molecule has 0 aliphatic heterocycles. The maximum atomic E-state index is 12.5. The number of nitrogens with two attached hydrogens (primary N) is 1. The molecule has 0 atom stereocenters. The number of thiocarbonyl (C=S) groups is 1. The van der Waals surface area contributed by atoms with Crippen LogP contribution in [0.2, 0.25) is 0 Å². The molecular weight excluding hydrogens is 272 g/mol. The number of hydrogen-bond acceptors (Lipinski definition) is 4. The lowest BCUT2D eigenvalue weighted by Crippen LogP contribution is -2.38. The van der Waals surface area contributed by atoms with Crippen LogP contribution in [0.4, 0.5) is 0 Å². The van der Waals surface area contributed by atoms with Crippen LogP contribution in [-0.4, -0.2) is 41.0 Å². The maximum Gasteiger partial charge on any atom is 0.247 e. The van der Waals surface area contributed by atoms with E-state index >= 15 is 0 Å². The summed E-state index contributed by atoms with van der Waals surface area (Å²) in [5.74, 6) is 0. The quantitative estimate of drug-likeness (QED) is 0.753. The molecule has 0 aromatic carbocycles. The average molecular weight is 290 g/mol. The minimum atomic E-state index is -3.60. The Morgan fingerprint density at radius 3 is 2.50 bits per heavy atom. The molecule has 102 valence electrons. The van der Waals surface area contributed by atoms with Gasteiger partial charge in [0.15, 0.2) is 0 Å². The largest absolute Gasteiger partial charge is 0.392 e. The molecule has 1 aromatic heterocycles. The molecule has 6 nitrogen and oxygen atoms in total. The first-order valence-corrected chi connectivity index (χ1v) is 7.45. The van der Waals surface area contributed by atoms with Crippen molar-refractivity contribution in [2.75, 3.05) is 13.1 Å². The van der Waals surface area contributed by atoms with Crippen LogP contribution in [0.25, 0.3) is 0 Å². The van der Waals surface area contributed by atoms with Gasteiger partial charge < -0.3 is 5.73 Å². The van der Waals surface area contributed by atoms with Crippen molar-refractivity contribution in [3.63, 3.8) is 0 Å². The molecule has 0 unspecified atom stereocenters. The lowest BCUT2D eigenvalue weighted by atomic mass is 10.4. The Hall–Kier alpha value is -0.990. The molecular formula is C10H18N4O2S2. The van der Waals surface area contributed by atoms with E-state index in [1.165, 1.54) is 4.31 Å². The number of aromatic nitrogens is 2. The van der Waals surface area contributed by atoms with E-state index in [2.05, 4.69) is 10.2 Å².